The number of nitrogens with zero attached hydrogens (tertiary/aromatic N) is 1. The summed E-state index contributed by atoms with van der Waals surface area (Å²) in [5.41, 5.74) is 2.81. The number of hydrogen-bond acceptors (Lipinski definition) is 2. The molecule has 2 heteroatoms. The van der Waals surface area contributed by atoms with Gasteiger partial charge in [0.15, 0.2) is 0 Å². The lowest BCUT2D eigenvalue weighted by molar-refractivity contribution is 0.126. The van der Waals surface area contributed by atoms with Gasteiger partial charge in [-0.2, -0.15) is 0 Å². The van der Waals surface area contributed by atoms with E-state index in [1.165, 1.54) is 11.1 Å². The maximum atomic E-state index is 9.25. The summed E-state index contributed by atoms with van der Waals surface area (Å²) < 4.78 is 0. The van der Waals surface area contributed by atoms with Crippen LogP contribution in [0.3, 0.4) is 0 Å². The molecule has 1 aromatic rings. The average molecular weight is 177 g/mol. The first-order valence-corrected chi connectivity index (χ1v) is 4.73. The van der Waals surface area contributed by atoms with Gasteiger partial charge in [0.05, 0.1) is 6.10 Å². The van der Waals surface area contributed by atoms with Crippen LogP contribution in [0.1, 0.15) is 18.1 Å². The van der Waals surface area contributed by atoms with E-state index >= 15 is 0 Å². The molecule has 1 aliphatic rings. The third kappa shape index (κ3) is 1.90. The molecule has 1 heterocycles. The minimum absolute atomic E-state index is 0.227. The Balaban J connectivity index is 2.05. The van der Waals surface area contributed by atoms with Crippen LogP contribution in [-0.2, 0) is 13.1 Å². The van der Waals surface area contributed by atoms with E-state index in [1.54, 1.807) is 0 Å². The first-order chi connectivity index (χ1) is 6.25. The molecular formula is C11H15NO. The molecule has 0 saturated heterocycles. The van der Waals surface area contributed by atoms with Gasteiger partial charge in [-0.3, -0.25) is 4.90 Å². The average Bonchev–Trinajstić information content (AvgIpc) is 2.44. The van der Waals surface area contributed by atoms with Crippen molar-refractivity contribution in [3.63, 3.8) is 0 Å². The predicted molar refractivity (Wildman–Crippen MR) is 52.2 cm³/mol. The first kappa shape index (κ1) is 8.73. The number of rotatable bonds is 2. The smallest absolute Gasteiger partial charge is 0.0639 e. The number of hydrogen-bond donors (Lipinski definition) is 1. The van der Waals surface area contributed by atoms with Gasteiger partial charge in [0, 0.05) is 19.6 Å². The highest BCUT2D eigenvalue weighted by Gasteiger charge is 2.18. The topological polar surface area (TPSA) is 23.5 Å². The maximum Gasteiger partial charge on any atom is 0.0639 e. The molecule has 2 nitrogen and oxygen atoms in total. The predicted octanol–water partition coefficient (Wildman–Crippen LogP) is 1.38. The fourth-order valence-corrected chi connectivity index (χ4v) is 1.91. The lowest BCUT2D eigenvalue weighted by Crippen LogP contribution is -2.25. The second kappa shape index (κ2) is 3.48. The summed E-state index contributed by atoms with van der Waals surface area (Å²) in [4.78, 5) is 2.27. The molecule has 0 radical (unpaired) electrons. The van der Waals surface area contributed by atoms with Gasteiger partial charge in [-0.15, -0.1) is 0 Å². The lowest BCUT2D eigenvalue weighted by atomic mass is 10.1. The first-order valence-electron chi connectivity index (χ1n) is 4.73. The summed E-state index contributed by atoms with van der Waals surface area (Å²) in [5, 5.41) is 9.25. The van der Waals surface area contributed by atoms with E-state index in [9.17, 15) is 5.11 Å². The van der Waals surface area contributed by atoms with Crippen LogP contribution in [0.15, 0.2) is 24.3 Å². The molecule has 0 spiro atoms. The van der Waals surface area contributed by atoms with Gasteiger partial charge in [0.2, 0.25) is 0 Å². The zero-order valence-corrected chi connectivity index (χ0v) is 7.90. The van der Waals surface area contributed by atoms with E-state index in [4.69, 9.17) is 0 Å². The van der Waals surface area contributed by atoms with Crippen molar-refractivity contribution in [3.8, 4) is 0 Å². The summed E-state index contributed by atoms with van der Waals surface area (Å²) in [6.45, 7) is 4.58. The van der Waals surface area contributed by atoms with Crippen molar-refractivity contribution in [2.24, 2.45) is 0 Å². The van der Waals surface area contributed by atoms with Crippen LogP contribution in [0, 0.1) is 0 Å². The van der Waals surface area contributed by atoms with E-state index in [0.29, 0.717) is 0 Å². The number of fused-ring (bicyclic) bond motifs is 1. The third-order valence-corrected chi connectivity index (χ3v) is 2.43. The standard InChI is InChI=1S/C11H15NO/c1-9(13)6-12-7-10-4-2-3-5-11(10)8-12/h2-5,9,13H,6-8H2,1H3/t9-/m1/s1. The second-order valence-electron chi connectivity index (χ2n) is 3.79. The molecule has 1 atom stereocenters. The van der Waals surface area contributed by atoms with Crippen molar-refractivity contribution in [2.75, 3.05) is 6.54 Å². The van der Waals surface area contributed by atoms with Crippen LogP contribution in [0.25, 0.3) is 0 Å². The highest BCUT2D eigenvalue weighted by atomic mass is 16.3. The number of aliphatic hydroxyl groups is 1. The molecular weight excluding hydrogens is 162 g/mol. The normalized spacial score (nSPS) is 18.6. The van der Waals surface area contributed by atoms with Gasteiger partial charge >= 0.3 is 0 Å². The van der Waals surface area contributed by atoms with Crippen LogP contribution in [-0.4, -0.2) is 22.7 Å². The SMILES string of the molecule is C[C@@H](O)CN1Cc2ccccc2C1. The number of benzene rings is 1. The van der Waals surface area contributed by atoms with Crippen molar-refractivity contribution < 1.29 is 5.11 Å². The van der Waals surface area contributed by atoms with Crippen LogP contribution >= 0.6 is 0 Å². The summed E-state index contributed by atoms with van der Waals surface area (Å²) in [6.07, 6.45) is -0.227. The van der Waals surface area contributed by atoms with E-state index in [-0.39, 0.29) is 6.10 Å². The van der Waals surface area contributed by atoms with Gasteiger partial charge in [-0.1, -0.05) is 24.3 Å². The van der Waals surface area contributed by atoms with Crippen molar-refractivity contribution in [2.45, 2.75) is 26.1 Å². The molecule has 2 rings (SSSR count). The van der Waals surface area contributed by atoms with E-state index in [2.05, 4.69) is 29.2 Å². The molecule has 1 aliphatic heterocycles. The zero-order valence-electron chi connectivity index (χ0n) is 7.90. The molecule has 0 bridgehead atoms. The quantitative estimate of drug-likeness (QED) is 0.737. The molecule has 0 amide bonds. The van der Waals surface area contributed by atoms with Crippen molar-refractivity contribution in [3.05, 3.63) is 35.4 Å². The number of aliphatic hydroxyl groups excluding tert-OH is 1. The third-order valence-electron chi connectivity index (χ3n) is 2.43. The molecule has 0 fully saturated rings. The second-order valence-corrected chi connectivity index (χ2v) is 3.79. The Kier molecular flexibility index (Phi) is 2.34. The molecule has 70 valence electrons. The highest BCUT2D eigenvalue weighted by Crippen LogP contribution is 2.21. The van der Waals surface area contributed by atoms with Gasteiger partial charge in [-0.05, 0) is 18.1 Å². The van der Waals surface area contributed by atoms with Gasteiger partial charge in [0.25, 0.3) is 0 Å². The minimum atomic E-state index is -0.227. The molecule has 0 aliphatic carbocycles. The van der Waals surface area contributed by atoms with Crippen LogP contribution in [0.5, 0.6) is 0 Å². The van der Waals surface area contributed by atoms with Crippen LogP contribution in [0.4, 0.5) is 0 Å². The molecule has 1 N–H and O–H groups in total. The van der Waals surface area contributed by atoms with Crippen molar-refractivity contribution in [1.29, 1.82) is 0 Å². The van der Waals surface area contributed by atoms with Gasteiger partial charge in [-0.25, -0.2) is 0 Å². The summed E-state index contributed by atoms with van der Waals surface area (Å²) >= 11 is 0. The van der Waals surface area contributed by atoms with Gasteiger partial charge < -0.3 is 5.11 Å². The number of β-amino-alcohol motifs (C(OH)–C–C–N with tert-alkyl or cyclic N) is 1. The summed E-state index contributed by atoms with van der Waals surface area (Å²) in [6, 6.07) is 8.48. The van der Waals surface area contributed by atoms with Crippen molar-refractivity contribution in [1.82, 2.24) is 4.90 Å². The Bertz CT molecular complexity index is 271. The van der Waals surface area contributed by atoms with Crippen molar-refractivity contribution >= 4 is 0 Å². The van der Waals surface area contributed by atoms with Gasteiger partial charge in [0.1, 0.15) is 0 Å². The maximum absolute atomic E-state index is 9.25. The Morgan fingerprint density at radius 3 is 2.31 bits per heavy atom. The van der Waals surface area contributed by atoms with E-state index in [0.717, 1.165) is 19.6 Å². The highest BCUT2D eigenvalue weighted by molar-refractivity contribution is 5.30. The fourth-order valence-electron chi connectivity index (χ4n) is 1.91. The molecule has 0 aromatic heterocycles. The zero-order chi connectivity index (χ0) is 9.26. The molecule has 13 heavy (non-hydrogen) atoms. The summed E-state index contributed by atoms with van der Waals surface area (Å²) in [7, 11) is 0. The monoisotopic (exact) mass is 177 g/mol. The Labute approximate surface area is 78.8 Å². The van der Waals surface area contributed by atoms with E-state index < -0.39 is 0 Å². The molecule has 0 saturated carbocycles. The van der Waals surface area contributed by atoms with E-state index in [1.807, 2.05) is 6.92 Å². The molecule has 1 aromatic carbocycles. The fraction of sp³-hybridized carbons (Fsp3) is 0.455. The largest absolute Gasteiger partial charge is 0.392 e. The van der Waals surface area contributed by atoms with Crippen LogP contribution in [0.2, 0.25) is 0 Å². The summed E-state index contributed by atoms with van der Waals surface area (Å²) in [5.74, 6) is 0. The lowest BCUT2D eigenvalue weighted by Gasteiger charge is -2.16. The minimum Gasteiger partial charge on any atom is -0.392 e. The Hall–Kier alpha value is -0.860. The Morgan fingerprint density at radius 1 is 1.31 bits per heavy atom. The molecule has 0 unspecified atom stereocenters. The Morgan fingerprint density at radius 2 is 1.85 bits per heavy atom. The van der Waals surface area contributed by atoms with Crippen LogP contribution < -0.4 is 0 Å².